The summed E-state index contributed by atoms with van der Waals surface area (Å²) in [5, 5.41) is 0. The lowest BCUT2D eigenvalue weighted by molar-refractivity contribution is 0.401. The summed E-state index contributed by atoms with van der Waals surface area (Å²) in [6.45, 7) is 3.55. The van der Waals surface area contributed by atoms with E-state index in [1.807, 2.05) is 18.2 Å². The zero-order valence-corrected chi connectivity index (χ0v) is 7.26. The van der Waals surface area contributed by atoms with Crippen molar-refractivity contribution in [2.24, 2.45) is 0 Å². The van der Waals surface area contributed by atoms with E-state index in [0.717, 1.165) is 17.1 Å². The minimum atomic E-state index is 0.755. The van der Waals surface area contributed by atoms with Gasteiger partial charge in [-0.2, -0.15) is 0 Å². The summed E-state index contributed by atoms with van der Waals surface area (Å²) in [5.41, 5.74) is 0.817. The van der Waals surface area contributed by atoms with Gasteiger partial charge in [-0.15, -0.1) is 0 Å². The Kier molecular flexibility index (Phi) is 2.75. The molecule has 0 bridgehead atoms. The van der Waals surface area contributed by atoms with Gasteiger partial charge in [-0.1, -0.05) is 6.58 Å². The van der Waals surface area contributed by atoms with Crippen LogP contribution in [-0.2, 0) is 0 Å². The van der Waals surface area contributed by atoms with Crippen LogP contribution in [0.3, 0.4) is 0 Å². The second kappa shape index (κ2) is 3.81. The van der Waals surface area contributed by atoms with Gasteiger partial charge < -0.3 is 9.47 Å². The van der Waals surface area contributed by atoms with E-state index in [9.17, 15) is 0 Å². The maximum absolute atomic E-state index is 5.08. The van der Waals surface area contributed by atoms with Gasteiger partial charge in [0.1, 0.15) is 11.5 Å². The molecule has 12 heavy (non-hydrogen) atoms. The lowest BCUT2D eigenvalue weighted by atomic mass is 10.2. The third kappa shape index (κ3) is 1.59. The number of rotatable bonds is 3. The van der Waals surface area contributed by atoms with Crippen molar-refractivity contribution >= 4 is 0 Å². The highest BCUT2D eigenvalue weighted by molar-refractivity contribution is 5.43. The molecule has 0 atom stereocenters. The van der Waals surface area contributed by atoms with Crippen LogP contribution in [0, 0.1) is 6.08 Å². The molecule has 0 aliphatic rings. The van der Waals surface area contributed by atoms with E-state index in [4.69, 9.17) is 9.47 Å². The molecule has 0 spiro atoms. The van der Waals surface area contributed by atoms with Crippen molar-refractivity contribution in [3.63, 3.8) is 0 Å². The van der Waals surface area contributed by atoms with E-state index in [2.05, 4.69) is 12.7 Å². The standard InChI is InChI=1S/C10H11O2/c1-4-8-7-9(11-2)5-6-10(8)12-3/h5-7H,1H2,2-3H3. The molecule has 0 saturated heterocycles. The number of hydrogen-bond donors (Lipinski definition) is 0. The van der Waals surface area contributed by atoms with Gasteiger partial charge in [-0.05, 0) is 24.3 Å². The lowest BCUT2D eigenvalue weighted by Gasteiger charge is -2.05. The van der Waals surface area contributed by atoms with Crippen molar-refractivity contribution in [1.29, 1.82) is 0 Å². The number of ether oxygens (including phenoxy) is 2. The highest BCUT2D eigenvalue weighted by atomic mass is 16.5. The molecule has 2 heteroatoms. The molecule has 2 nitrogen and oxygen atoms in total. The molecule has 1 aromatic rings. The molecule has 0 heterocycles. The normalized spacial score (nSPS) is 9.17. The fourth-order valence-corrected chi connectivity index (χ4v) is 0.952. The van der Waals surface area contributed by atoms with Crippen LogP contribution in [0.2, 0.25) is 0 Å². The number of methoxy groups -OCH3 is 2. The van der Waals surface area contributed by atoms with E-state index in [-0.39, 0.29) is 0 Å². The quantitative estimate of drug-likeness (QED) is 0.678. The van der Waals surface area contributed by atoms with E-state index in [1.54, 1.807) is 14.2 Å². The first kappa shape index (κ1) is 8.65. The van der Waals surface area contributed by atoms with Crippen LogP contribution in [-0.4, -0.2) is 14.2 Å². The highest BCUT2D eigenvalue weighted by Gasteiger charge is 2.00. The van der Waals surface area contributed by atoms with Gasteiger partial charge in [0.15, 0.2) is 0 Å². The van der Waals surface area contributed by atoms with Crippen molar-refractivity contribution in [2.45, 2.75) is 0 Å². The zero-order chi connectivity index (χ0) is 8.97. The van der Waals surface area contributed by atoms with Crippen LogP contribution in [0.4, 0.5) is 0 Å². The minimum Gasteiger partial charge on any atom is -0.497 e. The second-order valence-electron chi connectivity index (χ2n) is 2.24. The van der Waals surface area contributed by atoms with Crippen molar-refractivity contribution in [3.05, 3.63) is 36.4 Å². The summed E-state index contributed by atoms with van der Waals surface area (Å²) in [7, 11) is 3.23. The number of benzene rings is 1. The molecule has 0 aliphatic carbocycles. The van der Waals surface area contributed by atoms with E-state index >= 15 is 0 Å². The first-order valence-electron chi connectivity index (χ1n) is 3.57. The largest absolute Gasteiger partial charge is 0.497 e. The maximum Gasteiger partial charge on any atom is 0.126 e. The van der Waals surface area contributed by atoms with Gasteiger partial charge in [-0.3, -0.25) is 0 Å². The van der Waals surface area contributed by atoms with Gasteiger partial charge in [0.2, 0.25) is 0 Å². The Morgan fingerprint density at radius 3 is 2.50 bits per heavy atom. The van der Waals surface area contributed by atoms with Crippen LogP contribution >= 0.6 is 0 Å². The molecule has 0 aliphatic heterocycles. The zero-order valence-electron chi connectivity index (χ0n) is 7.26. The highest BCUT2D eigenvalue weighted by Crippen LogP contribution is 2.23. The average molecular weight is 163 g/mol. The van der Waals surface area contributed by atoms with Crippen molar-refractivity contribution in [2.75, 3.05) is 14.2 Å². The molecule has 1 aromatic carbocycles. The molecule has 0 unspecified atom stereocenters. The van der Waals surface area contributed by atoms with Gasteiger partial charge in [0.05, 0.1) is 14.2 Å². The molecule has 1 radical (unpaired) electrons. The smallest absolute Gasteiger partial charge is 0.126 e. The summed E-state index contributed by atoms with van der Waals surface area (Å²) in [4.78, 5) is 0. The summed E-state index contributed by atoms with van der Waals surface area (Å²) in [6.07, 6.45) is 2.77. The summed E-state index contributed by atoms with van der Waals surface area (Å²) >= 11 is 0. The van der Waals surface area contributed by atoms with Crippen LogP contribution < -0.4 is 9.47 Å². The van der Waals surface area contributed by atoms with Gasteiger partial charge in [0, 0.05) is 5.56 Å². The summed E-state index contributed by atoms with van der Waals surface area (Å²) in [5.74, 6) is 1.53. The van der Waals surface area contributed by atoms with Crippen LogP contribution in [0.15, 0.2) is 24.8 Å². The summed E-state index contributed by atoms with van der Waals surface area (Å²) < 4.78 is 10.1. The Balaban J connectivity index is 3.10. The third-order valence-electron chi connectivity index (χ3n) is 1.60. The predicted molar refractivity (Wildman–Crippen MR) is 47.5 cm³/mol. The Hall–Kier alpha value is -1.44. The SMILES string of the molecule is C=[C]c1cc(OC)ccc1OC. The van der Waals surface area contributed by atoms with Gasteiger partial charge in [-0.25, -0.2) is 0 Å². The molecule has 0 amide bonds. The number of hydrogen-bond acceptors (Lipinski definition) is 2. The molecular formula is C10H11O2. The Labute approximate surface area is 72.4 Å². The monoisotopic (exact) mass is 163 g/mol. The second-order valence-corrected chi connectivity index (χ2v) is 2.24. The Bertz CT molecular complexity index is 279. The lowest BCUT2D eigenvalue weighted by Crippen LogP contribution is -1.89. The van der Waals surface area contributed by atoms with E-state index in [1.165, 1.54) is 0 Å². The van der Waals surface area contributed by atoms with Crippen molar-refractivity contribution < 1.29 is 9.47 Å². The molecule has 0 N–H and O–H groups in total. The van der Waals surface area contributed by atoms with E-state index < -0.39 is 0 Å². The van der Waals surface area contributed by atoms with E-state index in [0.29, 0.717) is 0 Å². The maximum atomic E-state index is 5.08. The Morgan fingerprint density at radius 1 is 1.25 bits per heavy atom. The minimum absolute atomic E-state index is 0.755. The van der Waals surface area contributed by atoms with Crippen LogP contribution in [0.25, 0.3) is 0 Å². The first-order valence-corrected chi connectivity index (χ1v) is 3.57. The average Bonchev–Trinajstić information content (AvgIpc) is 2.16. The summed E-state index contributed by atoms with van der Waals surface area (Å²) in [6, 6.07) is 5.48. The van der Waals surface area contributed by atoms with Crippen LogP contribution in [0.1, 0.15) is 5.56 Å². The molecule has 0 aromatic heterocycles. The predicted octanol–water partition coefficient (Wildman–Crippen LogP) is 2.04. The van der Waals surface area contributed by atoms with Crippen molar-refractivity contribution in [3.8, 4) is 11.5 Å². The molecular weight excluding hydrogens is 152 g/mol. The first-order chi connectivity index (χ1) is 5.81. The Morgan fingerprint density at radius 2 is 2.00 bits per heavy atom. The fourth-order valence-electron chi connectivity index (χ4n) is 0.952. The van der Waals surface area contributed by atoms with Gasteiger partial charge in [0.25, 0.3) is 0 Å². The molecule has 0 saturated carbocycles. The van der Waals surface area contributed by atoms with Gasteiger partial charge >= 0.3 is 0 Å². The molecule has 1 rings (SSSR count). The molecule has 63 valence electrons. The third-order valence-corrected chi connectivity index (χ3v) is 1.60. The van der Waals surface area contributed by atoms with Crippen molar-refractivity contribution in [1.82, 2.24) is 0 Å². The molecule has 0 fully saturated rings. The fraction of sp³-hybridized carbons (Fsp3) is 0.200. The topological polar surface area (TPSA) is 18.5 Å². The van der Waals surface area contributed by atoms with Crippen LogP contribution in [0.5, 0.6) is 11.5 Å².